The maximum absolute atomic E-state index is 13.2. The number of benzene rings is 2. The molecule has 0 saturated carbocycles. The highest BCUT2D eigenvalue weighted by atomic mass is 79.9. The molecule has 0 atom stereocenters. The van der Waals surface area contributed by atoms with Crippen LogP contribution in [0.3, 0.4) is 0 Å². The molecule has 180 valence electrons. The Morgan fingerprint density at radius 3 is 2.43 bits per heavy atom. The minimum absolute atomic E-state index is 0.0657. The number of ether oxygens (including phenoxy) is 1. The van der Waals surface area contributed by atoms with E-state index >= 15 is 0 Å². The van der Waals surface area contributed by atoms with E-state index < -0.39 is 21.8 Å². The molecular formula is C25H21BrN2O6S. The van der Waals surface area contributed by atoms with Crippen molar-refractivity contribution in [2.45, 2.75) is 18.4 Å². The summed E-state index contributed by atoms with van der Waals surface area (Å²) in [6.07, 6.45) is 1.51. The second-order valence-electron chi connectivity index (χ2n) is 7.56. The topological polar surface area (TPSA) is 106 Å². The van der Waals surface area contributed by atoms with Crippen LogP contribution in [-0.2, 0) is 30.9 Å². The molecule has 1 aromatic heterocycles. The average molecular weight is 557 g/mol. The molecule has 0 spiro atoms. The summed E-state index contributed by atoms with van der Waals surface area (Å²) in [7, 11) is -2.49. The van der Waals surface area contributed by atoms with Gasteiger partial charge in [0.25, 0.3) is 0 Å². The zero-order valence-corrected chi connectivity index (χ0v) is 21.2. The number of halogens is 1. The third kappa shape index (κ3) is 5.14. The molecule has 1 N–H and O–H groups in total. The monoisotopic (exact) mass is 556 g/mol. The van der Waals surface area contributed by atoms with Crippen LogP contribution in [0.15, 0.2) is 97.5 Å². The quantitative estimate of drug-likeness (QED) is 0.261. The molecule has 0 amide bonds. The summed E-state index contributed by atoms with van der Waals surface area (Å²) in [6, 6.07) is 18.5. The molecule has 1 aliphatic rings. The van der Waals surface area contributed by atoms with Gasteiger partial charge >= 0.3 is 5.97 Å². The second-order valence-corrected chi connectivity index (χ2v) is 10.2. The Bertz CT molecular complexity index is 1440. The van der Waals surface area contributed by atoms with Crippen LogP contribution in [-0.4, -0.2) is 27.3 Å². The Kier molecular flexibility index (Phi) is 7.06. The lowest BCUT2D eigenvalue weighted by Gasteiger charge is -2.21. The minimum Gasteiger partial charge on any atom is -0.465 e. The number of rotatable bonds is 7. The van der Waals surface area contributed by atoms with Crippen molar-refractivity contribution >= 4 is 49.5 Å². The largest absolute Gasteiger partial charge is 0.465 e. The standard InChI is InChI=1S/C25H21BrN2O6S/c1-16-23(25(30)33-2)24(29)22(28(16)18-10-8-17(26)9-11-18)14-19-12-13-20(34-19)15-27-35(31,32)21-6-4-3-5-7-21/h3-14,27H,15H2,1-2H3/b22-14+. The van der Waals surface area contributed by atoms with Gasteiger partial charge in [-0.2, -0.15) is 0 Å². The van der Waals surface area contributed by atoms with Crippen molar-refractivity contribution in [3.63, 3.8) is 0 Å². The van der Waals surface area contributed by atoms with Crippen LogP contribution in [0.1, 0.15) is 18.4 Å². The molecule has 10 heteroatoms. The zero-order chi connectivity index (χ0) is 25.2. The van der Waals surface area contributed by atoms with Crippen molar-refractivity contribution in [1.29, 1.82) is 0 Å². The summed E-state index contributed by atoms with van der Waals surface area (Å²) in [5.74, 6) is -0.549. The molecule has 8 nitrogen and oxygen atoms in total. The summed E-state index contributed by atoms with van der Waals surface area (Å²) in [6.45, 7) is 1.59. The van der Waals surface area contributed by atoms with Gasteiger partial charge in [0.05, 0.1) is 24.2 Å². The smallest absolute Gasteiger partial charge is 0.343 e. The number of sulfonamides is 1. The van der Waals surface area contributed by atoms with Crippen LogP contribution in [0.4, 0.5) is 5.69 Å². The molecule has 35 heavy (non-hydrogen) atoms. The highest BCUT2D eigenvalue weighted by molar-refractivity contribution is 9.10. The zero-order valence-electron chi connectivity index (χ0n) is 18.8. The predicted molar refractivity (Wildman–Crippen MR) is 133 cm³/mol. The van der Waals surface area contributed by atoms with E-state index in [1.165, 1.54) is 25.3 Å². The molecule has 0 fully saturated rings. The fraction of sp³-hybridized carbons (Fsp3) is 0.120. The van der Waals surface area contributed by atoms with E-state index in [-0.39, 0.29) is 22.7 Å². The Morgan fingerprint density at radius 1 is 1.09 bits per heavy atom. The van der Waals surface area contributed by atoms with E-state index in [4.69, 9.17) is 9.15 Å². The van der Waals surface area contributed by atoms with Crippen LogP contribution < -0.4 is 9.62 Å². The molecule has 1 aliphatic heterocycles. The number of anilines is 1. The fourth-order valence-electron chi connectivity index (χ4n) is 3.63. The van der Waals surface area contributed by atoms with Gasteiger partial charge in [-0.1, -0.05) is 34.1 Å². The first kappa shape index (κ1) is 24.6. The van der Waals surface area contributed by atoms with Gasteiger partial charge in [-0.15, -0.1) is 0 Å². The molecular weight excluding hydrogens is 536 g/mol. The summed E-state index contributed by atoms with van der Waals surface area (Å²) < 4.78 is 38.8. The lowest BCUT2D eigenvalue weighted by molar-refractivity contribution is -0.137. The van der Waals surface area contributed by atoms with Crippen molar-refractivity contribution in [3.05, 3.63) is 99.7 Å². The van der Waals surface area contributed by atoms with Gasteiger partial charge in [0, 0.05) is 21.9 Å². The van der Waals surface area contributed by atoms with Gasteiger partial charge in [0.15, 0.2) is 0 Å². The molecule has 0 saturated heterocycles. The van der Waals surface area contributed by atoms with Gasteiger partial charge < -0.3 is 14.1 Å². The highest BCUT2D eigenvalue weighted by Crippen LogP contribution is 2.36. The number of esters is 1. The number of nitrogens with zero attached hydrogens (tertiary/aromatic N) is 1. The Balaban J connectivity index is 1.62. The van der Waals surface area contributed by atoms with Crippen LogP contribution in [0.25, 0.3) is 6.08 Å². The summed E-state index contributed by atoms with van der Waals surface area (Å²) in [5, 5.41) is 0. The van der Waals surface area contributed by atoms with Crippen molar-refractivity contribution in [2.24, 2.45) is 0 Å². The van der Waals surface area contributed by atoms with Gasteiger partial charge in [-0.25, -0.2) is 17.9 Å². The van der Waals surface area contributed by atoms with Crippen molar-refractivity contribution in [1.82, 2.24) is 4.72 Å². The first-order valence-corrected chi connectivity index (χ1v) is 12.7. The number of ketones is 1. The Hall–Kier alpha value is -3.47. The molecule has 4 rings (SSSR count). The highest BCUT2D eigenvalue weighted by Gasteiger charge is 2.38. The van der Waals surface area contributed by atoms with E-state index in [1.807, 2.05) is 12.1 Å². The maximum atomic E-state index is 13.2. The van der Waals surface area contributed by atoms with Crippen LogP contribution in [0.5, 0.6) is 0 Å². The van der Waals surface area contributed by atoms with Crippen LogP contribution in [0, 0.1) is 0 Å². The predicted octanol–water partition coefficient (Wildman–Crippen LogP) is 4.40. The van der Waals surface area contributed by atoms with E-state index in [0.717, 1.165) is 4.47 Å². The second kappa shape index (κ2) is 10.0. The van der Waals surface area contributed by atoms with Gasteiger partial charge in [0.2, 0.25) is 15.8 Å². The van der Waals surface area contributed by atoms with E-state index in [2.05, 4.69) is 20.7 Å². The summed E-state index contributed by atoms with van der Waals surface area (Å²) in [5.41, 5.74) is 1.24. The molecule has 0 radical (unpaired) electrons. The van der Waals surface area contributed by atoms with Crippen LogP contribution in [0.2, 0.25) is 0 Å². The minimum atomic E-state index is -3.71. The van der Waals surface area contributed by atoms with Crippen molar-refractivity contribution in [3.8, 4) is 0 Å². The van der Waals surface area contributed by atoms with E-state index in [9.17, 15) is 18.0 Å². The Labute approximate surface area is 211 Å². The molecule has 2 aromatic carbocycles. The number of carbonyl (C=O) groups is 2. The normalized spacial score (nSPS) is 15.2. The fourth-order valence-corrected chi connectivity index (χ4v) is 4.91. The summed E-state index contributed by atoms with van der Waals surface area (Å²) in [4.78, 5) is 27.3. The maximum Gasteiger partial charge on any atom is 0.343 e. The Morgan fingerprint density at radius 2 is 1.77 bits per heavy atom. The number of hydrogen-bond acceptors (Lipinski definition) is 7. The molecule has 0 aliphatic carbocycles. The van der Waals surface area contributed by atoms with Crippen molar-refractivity contribution < 1.29 is 27.2 Å². The third-order valence-electron chi connectivity index (χ3n) is 5.32. The van der Waals surface area contributed by atoms with Gasteiger partial charge in [-0.3, -0.25) is 4.79 Å². The van der Waals surface area contributed by atoms with Gasteiger partial charge in [-0.05, 0) is 55.5 Å². The average Bonchev–Trinajstić information content (AvgIpc) is 3.40. The van der Waals surface area contributed by atoms with E-state index in [0.29, 0.717) is 22.9 Å². The van der Waals surface area contributed by atoms with Crippen LogP contribution >= 0.6 is 15.9 Å². The lowest BCUT2D eigenvalue weighted by Crippen LogP contribution is -2.22. The first-order chi connectivity index (χ1) is 16.7. The first-order valence-electron chi connectivity index (χ1n) is 10.5. The molecule has 0 bridgehead atoms. The van der Waals surface area contributed by atoms with Crippen molar-refractivity contribution in [2.75, 3.05) is 12.0 Å². The number of carbonyl (C=O) groups excluding carboxylic acids is 2. The number of hydrogen-bond donors (Lipinski definition) is 1. The molecule has 3 aromatic rings. The number of methoxy groups -OCH3 is 1. The van der Waals surface area contributed by atoms with E-state index in [1.54, 1.807) is 54.3 Å². The molecule has 0 unspecified atom stereocenters. The number of furan rings is 1. The molecule has 2 heterocycles. The van der Waals surface area contributed by atoms with Gasteiger partial charge in [0.1, 0.15) is 17.1 Å². The summed E-state index contributed by atoms with van der Waals surface area (Å²) >= 11 is 3.39. The third-order valence-corrected chi connectivity index (χ3v) is 7.27. The number of allylic oxidation sites excluding steroid dienone is 2. The number of Topliss-reactive ketones (excluding diaryl/α,β-unsaturated/α-hetero) is 1. The SMILES string of the molecule is COC(=O)C1=C(C)N(c2ccc(Br)cc2)/C(=C/c2ccc(CNS(=O)(=O)c3ccccc3)o2)C1=O. The lowest BCUT2D eigenvalue weighted by atomic mass is 10.1. The number of nitrogens with one attached hydrogen (secondary N) is 1.